The van der Waals surface area contributed by atoms with E-state index in [9.17, 15) is 14.3 Å². The molecule has 1 amide bonds. The molecule has 0 unspecified atom stereocenters. The Balaban J connectivity index is 1.89. The maximum atomic E-state index is 13.4. The third kappa shape index (κ3) is 3.98. The minimum atomic E-state index is -0.457. The highest BCUT2D eigenvalue weighted by atomic mass is 19.1. The van der Waals surface area contributed by atoms with Crippen molar-refractivity contribution in [3.63, 3.8) is 0 Å². The number of rotatable bonds is 3. The van der Waals surface area contributed by atoms with Crippen molar-refractivity contribution in [2.45, 2.75) is 6.92 Å². The maximum Gasteiger partial charge on any atom is 0.262 e. The van der Waals surface area contributed by atoms with Crippen LogP contribution >= 0.6 is 0 Å². The molecule has 4 rings (SSSR count). The first-order chi connectivity index (χ1) is 14.0. The number of nitrogens with one attached hydrogen (secondary N) is 1. The molecule has 0 spiro atoms. The molecule has 2 N–H and O–H groups in total. The van der Waals surface area contributed by atoms with E-state index in [4.69, 9.17) is 4.42 Å². The number of halogens is 1. The molecule has 0 fully saturated rings. The van der Waals surface area contributed by atoms with Gasteiger partial charge in [0.2, 0.25) is 5.55 Å². The molecule has 6 nitrogen and oxygen atoms in total. The van der Waals surface area contributed by atoms with E-state index < -0.39 is 5.91 Å². The van der Waals surface area contributed by atoms with Crippen LogP contribution < -0.4 is 10.9 Å². The molecule has 144 valence electrons. The predicted octanol–water partition coefficient (Wildman–Crippen LogP) is 4.47. The van der Waals surface area contributed by atoms with Crippen LogP contribution in [0.1, 0.15) is 15.9 Å². The molecule has 0 saturated heterocycles. The molecule has 2 heterocycles. The summed E-state index contributed by atoms with van der Waals surface area (Å²) in [4.78, 5) is 21.4. The van der Waals surface area contributed by atoms with Crippen molar-refractivity contribution in [3.8, 4) is 5.75 Å². The second-order valence-electron chi connectivity index (χ2n) is 6.40. The van der Waals surface area contributed by atoms with Gasteiger partial charge in [-0.3, -0.25) is 4.79 Å². The van der Waals surface area contributed by atoms with Crippen LogP contribution in [0.4, 0.5) is 15.9 Å². The van der Waals surface area contributed by atoms with Crippen molar-refractivity contribution < 1.29 is 18.7 Å². The quantitative estimate of drug-likeness (QED) is 0.541. The summed E-state index contributed by atoms with van der Waals surface area (Å²) >= 11 is 0. The van der Waals surface area contributed by atoms with Crippen LogP contribution in [0.25, 0.3) is 11.0 Å². The Morgan fingerprint density at radius 3 is 2.76 bits per heavy atom. The number of phenolic OH excluding ortho intramolecular Hbond substituents is 1. The van der Waals surface area contributed by atoms with Crippen LogP contribution in [0.3, 0.4) is 0 Å². The van der Waals surface area contributed by atoms with Gasteiger partial charge >= 0.3 is 0 Å². The number of hydrogen-bond donors (Lipinski definition) is 2. The second kappa shape index (κ2) is 7.55. The Morgan fingerprint density at radius 2 is 2.00 bits per heavy atom. The van der Waals surface area contributed by atoms with Gasteiger partial charge in [-0.1, -0.05) is 6.07 Å². The number of aromatic hydroxyl groups is 1. The van der Waals surface area contributed by atoms with Gasteiger partial charge in [0.15, 0.2) is 0 Å². The average molecular weight is 389 g/mol. The fourth-order valence-electron chi connectivity index (χ4n) is 2.83. The van der Waals surface area contributed by atoms with Crippen LogP contribution in [-0.4, -0.2) is 16.0 Å². The molecule has 2 aromatic heterocycles. The fraction of sp³-hybridized carbons (Fsp3) is 0.0455. The molecule has 4 aromatic rings. The lowest BCUT2D eigenvalue weighted by Gasteiger charge is -2.07. The Labute approximate surface area is 165 Å². The number of fused-ring (bicyclic) bond motifs is 1. The second-order valence-corrected chi connectivity index (χ2v) is 6.40. The standard InChI is InChI=1S/C22H16FN3O3/c1-13-10-15(23)6-8-18(13)25-22-17(21(28)26-20-4-2-3-9-24-20)11-14-5-7-16(27)12-19(14)29-22/h2-12,27H,1H3,(H,24,26,28). The fourth-order valence-corrected chi connectivity index (χ4v) is 2.83. The lowest BCUT2D eigenvalue weighted by Crippen LogP contribution is -2.22. The van der Waals surface area contributed by atoms with Crippen LogP contribution in [0.15, 0.2) is 76.3 Å². The SMILES string of the molecule is Cc1cc(F)ccc1N=c1oc2cc(O)ccc2cc1C(=O)Nc1ccccn1. The van der Waals surface area contributed by atoms with Gasteiger partial charge < -0.3 is 14.8 Å². The van der Waals surface area contributed by atoms with Crippen molar-refractivity contribution in [1.29, 1.82) is 0 Å². The molecule has 0 bridgehead atoms. The number of phenols is 1. The van der Waals surface area contributed by atoms with E-state index in [2.05, 4.69) is 15.3 Å². The molecular formula is C22H16FN3O3. The zero-order valence-corrected chi connectivity index (χ0v) is 15.4. The van der Waals surface area contributed by atoms with Crippen molar-refractivity contribution in [1.82, 2.24) is 4.98 Å². The van der Waals surface area contributed by atoms with Gasteiger partial charge in [0.05, 0.1) is 5.69 Å². The van der Waals surface area contributed by atoms with E-state index in [1.54, 1.807) is 43.5 Å². The number of carbonyl (C=O) groups is 1. The van der Waals surface area contributed by atoms with Gasteiger partial charge in [-0.05, 0) is 61.0 Å². The Morgan fingerprint density at radius 1 is 1.14 bits per heavy atom. The molecular weight excluding hydrogens is 373 g/mol. The summed E-state index contributed by atoms with van der Waals surface area (Å²) in [5.41, 5.74) is 1.62. The van der Waals surface area contributed by atoms with Crippen molar-refractivity contribution in [3.05, 3.63) is 89.4 Å². The van der Waals surface area contributed by atoms with E-state index in [0.717, 1.165) is 0 Å². The van der Waals surface area contributed by atoms with Gasteiger partial charge in [0.1, 0.15) is 28.5 Å². The average Bonchev–Trinajstić information content (AvgIpc) is 2.70. The van der Waals surface area contributed by atoms with Crippen LogP contribution in [0.5, 0.6) is 5.75 Å². The minimum absolute atomic E-state index is 0.0239. The Kier molecular flexibility index (Phi) is 4.78. The zero-order valence-electron chi connectivity index (χ0n) is 15.4. The van der Waals surface area contributed by atoms with Gasteiger partial charge in [-0.25, -0.2) is 14.4 Å². The number of pyridine rings is 1. The number of anilines is 1. The van der Waals surface area contributed by atoms with Crippen LogP contribution in [0, 0.1) is 12.7 Å². The first-order valence-electron chi connectivity index (χ1n) is 8.80. The summed E-state index contributed by atoms with van der Waals surface area (Å²) in [7, 11) is 0. The summed E-state index contributed by atoms with van der Waals surface area (Å²) in [5.74, 6) is -0.432. The summed E-state index contributed by atoms with van der Waals surface area (Å²) in [6.07, 6.45) is 1.57. The first-order valence-corrected chi connectivity index (χ1v) is 8.80. The predicted molar refractivity (Wildman–Crippen MR) is 106 cm³/mol. The van der Waals surface area contributed by atoms with Crippen molar-refractivity contribution in [2.24, 2.45) is 4.99 Å². The molecule has 7 heteroatoms. The van der Waals surface area contributed by atoms with Crippen LogP contribution in [-0.2, 0) is 0 Å². The number of carbonyl (C=O) groups excluding carboxylic acids is 1. The zero-order chi connectivity index (χ0) is 20.4. The van der Waals surface area contributed by atoms with Gasteiger partial charge in [0, 0.05) is 17.6 Å². The molecule has 29 heavy (non-hydrogen) atoms. The van der Waals surface area contributed by atoms with Gasteiger partial charge in [-0.15, -0.1) is 0 Å². The Hall–Kier alpha value is -4.00. The number of amides is 1. The monoisotopic (exact) mass is 389 g/mol. The number of benzene rings is 2. The molecule has 0 aliphatic rings. The number of aromatic nitrogens is 1. The summed E-state index contributed by atoms with van der Waals surface area (Å²) in [5, 5.41) is 13.1. The molecule has 0 aliphatic heterocycles. The van der Waals surface area contributed by atoms with Gasteiger partial charge in [0.25, 0.3) is 5.91 Å². The highest BCUT2D eigenvalue weighted by Gasteiger charge is 2.14. The van der Waals surface area contributed by atoms with E-state index in [0.29, 0.717) is 28.0 Å². The highest BCUT2D eigenvalue weighted by Crippen LogP contribution is 2.22. The topological polar surface area (TPSA) is 87.7 Å². The van der Waals surface area contributed by atoms with Crippen molar-refractivity contribution >= 4 is 28.4 Å². The smallest absolute Gasteiger partial charge is 0.262 e. The molecule has 0 aliphatic carbocycles. The molecule has 2 aromatic carbocycles. The van der Waals surface area contributed by atoms with E-state index in [-0.39, 0.29) is 22.7 Å². The molecule has 0 saturated carbocycles. The first kappa shape index (κ1) is 18.4. The molecule has 0 atom stereocenters. The van der Waals surface area contributed by atoms with E-state index >= 15 is 0 Å². The van der Waals surface area contributed by atoms with E-state index in [1.807, 2.05) is 0 Å². The molecule has 0 radical (unpaired) electrons. The third-order valence-electron chi connectivity index (χ3n) is 4.27. The largest absolute Gasteiger partial charge is 0.508 e. The van der Waals surface area contributed by atoms with Crippen LogP contribution in [0.2, 0.25) is 0 Å². The van der Waals surface area contributed by atoms with Gasteiger partial charge in [-0.2, -0.15) is 0 Å². The maximum absolute atomic E-state index is 13.4. The number of aryl methyl sites for hydroxylation is 1. The van der Waals surface area contributed by atoms with E-state index in [1.165, 1.54) is 30.3 Å². The lowest BCUT2D eigenvalue weighted by atomic mass is 10.1. The summed E-state index contributed by atoms with van der Waals surface area (Å²) in [6, 6.07) is 15.5. The summed E-state index contributed by atoms with van der Waals surface area (Å²) < 4.78 is 19.2. The lowest BCUT2D eigenvalue weighted by molar-refractivity contribution is 0.102. The Bertz CT molecular complexity index is 1280. The highest BCUT2D eigenvalue weighted by molar-refractivity contribution is 6.05. The summed E-state index contributed by atoms with van der Waals surface area (Å²) in [6.45, 7) is 1.71. The third-order valence-corrected chi connectivity index (χ3v) is 4.27. The number of hydrogen-bond acceptors (Lipinski definition) is 5. The van der Waals surface area contributed by atoms with Crippen molar-refractivity contribution in [2.75, 3.05) is 5.32 Å². The normalized spacial score (nSPS) is 11.6. The minimum Gasteiger partial charge on any atom is -0.508 e. The number of nitrogens with zero attached hydrogens (tertiary/aromatic N) is 2.